The molecule has 0 saturated heterocycles. The van der Waals surface area contributed by atoms with Crippen molar-refractivity contribution >= 4 is 7.82 Å². The summed E-state index contributed by atoms with van der Waals surface area (Å²) in [5, 5.41) is 0. The quantitative estimate of drug-likeness (QED) is 0.131. The molecule has 0 radical (unpaired) electrons. The van der Waals surface area contributed by atoms with Crippen molar-refractivity contribution < 1.29 is 35.9 Å². The second kappa shape index (κ2) is 19.8. The van der Waals surface area contributed by atoms with Crippen LogP contribution < -0.4 is 9.05 Å². The molecule has 0 bridgehead atoms. The van der Waals surface area contributed by atoms with Crippen molar-refractivity contribution in [2.24, 2.45) is 0 Å². The van der Waals surface area contributed by atoms with Crippen LogP contribution in [0.5, 0.6) is 11.5 Å². The zero-order chi connectivity index (χ0) is 25.2. The van der Waals surface area contributed by atoms with Gasteiger partial charge >= 0.3 is 7.82 Å². The van der Waals surface area contributed by atoms with Crippen LogP contribution in [0.15, 0.2) is 48.5 Å². The van der Waals surface area contributed by atoms with Gasteiger partial charge in [0.25, 0.3) is 0 Å². The predicted molar refractivity (Wildman–Crippen MR) is 147 cm³/mol. The standard InChI is InChI=1S/C30H47O4P.Cr/c1-3-5-7-9-11-13-15-17-27-19-23-29(24-20-27)33-35(31,32)34-30-25-21-28(22-26-30)18-16-14-12-10-8-6-4-2;/h19-26H,3-18H2,1-2H3,(H,31,32);. The Bertz CT molecular complexity index is 772. The molecule has 2 aromatic rings. The molecule has 202 valence electrons. The largest absolute Gasteiger partial charge is 0.584 e. The third kappa shape index (κ3) is 15.1. The Labute approximate surface area is 231 Å². The summed E-state index contributed by atoms with van der Waals surface area (Å²) in [6, 6.07) is 14.8. The number of hydrogen-bond donors (Lipinski definition) is 1. The van der Waals surface area contributed by atoms with E-state index in [0.29, 0.717) is 11.5 Å². The van der Waals surface area contributed by atoms with Crippen LogP contribution >= 0.6 is 7.82 Å². The monoisotopic (exact) mass is 554 g/mol. The molecule has 36 heavy (non-hydrogen) atoms. The Morgan fingerprint density at radius 2 is 0.861 bits per heavy atom. The molecule has 0 saturated carbocycles. The number of rotatable bonds is 20. The molecule has 6 heteroatoms. The van der Waals surface area contributed by atoms with Crippen LogP contribution in [-0.4, -0.2) is 4.89 Å². The van der Waals surface area contributed by atoms with Crippen molar-refractivity contribution in [3.63, 3.8) is 0 Å². The number of phosphoric acid groups is 1. The summed E-state index contributed by atoms with van der Waals surface area (Å²) in [5.41, 5.74) is 2.44. The van der Waals surface area contributed by atoms with Crippen LogP contribution in [0.25, 0.3) is 0 Å². The maximum absolute atomic E-state index is 12.5. The first kappa shape index (κ1) is 32.8. The summed E-state index contributed by atoms with van der Waals surface area (Å²) in [7, 11) is -4.25. The Hall–Kier alpha value is -1.24. The average molecular weight is 555 g/mol. The predicted octanol–water partition coefficient (Wildman–Crippen LogP) is 9.83. The van der Waals surface area contributed by atoms with Gasteiger partial charge in [-0.05, 0) is 61.1 Å². The molecule has 0 spiro atoms. The van der Waals surface area contributed by atoms with E-state index in [2.05, 4.69) is 13.8 Å². The molecule has 1 N–H and O–H groups in total. The molecule has 2 rings (SSSR count). The summed E-state index contributed by atoms with van der Waals surface area (Å²) in [6.45, 7) is 4.48. The molecule has 0 unspecified atom stereocenters. The first-order valence-electron chi connectivity index (χ1n) is 13.9. The zero-order valence-electron chi connectivity index (χ0n) is 22.5. The van der Waals surface area contributed by atoms with E-state index in [9.17, 15) is 9.46 Å². The van der Waals surface area contributed by atoms with Gasteiger partial charge < -0.3 is 9.05 Å². The smallest absolute Gasteiger partial charge is 0.395 e. The Morgan fingerprint density at radius 3 is 1.19 bits per heavy atom. The minimum atomic E-state index is -4.25. The molecule has 0 amide bonds. The topological polar surface area (TPSA) is 55.8 Å². The molecule has 0 heterocycles. The van der Waals surface area contributed by atoms with E-state index in [4.69, 9.17) is 9.05 Å². The number of unbranched alkanes of at least 4 members (excludes halogenated alkanes) is 12. The summed E-state index contributed by atoms with van der Waals surface area (Å²) in [4.78, 5) is 10.2. The van der Waals surface area contributed by atoms with Gasteiger partial charge in [0.05, 0.1) is 0 Å². The molecule has 0 aliphatic heterocycles. The van der Waals surface area contributed by atoms with Crippen LogP contribution in [0, 0.1) is 0 Å². The van der Waals surface area contributed by atoms with E-state index in [1.807, 2.05) is 24.3 Å². The normalized spacial score (nSPS) is 11.2. The van der Waals surface area contributed by atoms with Gasteiger partial charge in [-0.15, -0.1) is 0 Å². The van der Waals surface area contributed by atoms with Gasteiger partial charge in [0, 0.05) is 17.4 Å². The number of aryl methyl sites for hydroxylation is 2. The van der Waals surface area contributed by atoms with Gasteiger partial charge in [-0.25, -0.2) is 4.57 Å². The maximum Gasteiger partial charge on any atom is 0.584 e. The molecular weight excluding hydrogens is 507 g/mol. The summed E-state index contributed by atoms with van der Waals surface area (Å²) < 4.78 is 23.0. The van der Waals surface area contributed by atoms with E-state index in [1.165, 1.54) is 101 Å². The van der Waals surface area contributed by atoms with Crippen LogP contribution in [0.2, 0.25) is 0 Å². The third-order valence-corrected chi connectivity index (χ3v) is 7.31. The van der Waals surface area contributed by atoms with Gasteiger partial charge in [0.1, 0.15) is 11.5 Å². The molecule has 0 fully saturated rings. The SMILES string of the molecule is CCCCCCCCCc1ccc(OP(=O)(O)Oc2ccc(CCCCCCCCC)cc2)cc1.[Cr]. The average Bonchev–Trinajstić information content (AvgIpc) is 2.84. The number of hydrogen-bond acceptors (Lipinski definition) is 3. The fraction of sp³-hybridized carbons (Fsp3) is 0.600. The van der Waals surface area contributed by atoms with Crippen molar-refractivity contribution in [1.82, 2.24) is 0 Å². The zero-order valence-corrected chi connectivity index (χ0v) is 24.6. The molecule has 2 aromatic carbocycles. The fourth-order valence-corrected chi connectivity index (χ4v) is 5.10. The maximum atomic E-state index is 12.5. The molecule has 0 aromatic heterocycles. The Kier molecular flexibility index (Phi) is 18.1. The second-order valence-corrected chi connectivity index (χ2v) is 11.0. The van der Waals surface area contributed by atoms with E-state index in [1.54, 1.807) is 24.3 Å². The van der Waals surface area contributed by atoms with Gasteiger partial charge in [0.2, 0.25) is 0 Å². The van der Waals surface area contributed by atoms with Crippen molar-refractivity contribution in [1.29, 1.82) is 0 Å². The molecule has 0 aliphatic carbocycles. The van der Waals surface area contributed by atoms with Crippen LogP contribution in [-0.2, 0) is 34.8 Å². The summed E-state index contributed by atoms with van der Waals surface area (Å²) in [5.74, 6) is 0.685. The van der Waals surface area contributed by atoms with Crippen molar-refractivity contribution in [2.75, 3.05) is 0 Å². The third-order valence-electron chi connectivity index (χ3n) is 6.43. The first-order valence-corrected chi connectivity index (χ1v) is 15.4. The van der Waals surface area contributed by atoms with Crippen LogP contribution in [0.4, 0.5) is 0 Å². The minimum absolute atomic E-state index is 0. The minimum Gasteiger partial charge on any atom is -0.395 e. The Balaban J connectivity index is 0.00000648. The van der Waals surface area contributed by atoms with Crippen LogP contribution in [0.1, 0.15) is 115 Å². The second-order valence-electron chi connectivity index (χ2n) is 9.68. The summed E-state index contributed by atoms with van der Waals surface area (Å²) in [6.07, 6.45) is 20.1. The number of benzene rings is 2. The van der Waals surface area contributed by atoms with Crippen molar-refractivity contribution in [3.8, 4) is 11.5 Å². The van der Waals surface area contributed by atoms with E-state index in [0.717, 1.165) is 12.8 Å². The van der Waals surface area contributed by atoms with Gasteiger partial charge in [-0.1, -0.05) is 115 Å². The van der Waals surface area contributed by atoms with Gasteiger partial charge in [-0.2, -0.15) is 0 Å². The Morgan fingerprint density at radius 1 is 0.556 bits per heavy atom. The van der Waals surface area contributed by atoms with Crippen LogP contribution in [0.3, 0.4) is 0 Å². The first-order chi connectivity index (χ1) is 17.0. The van der Waals surface area contributed by atoms with E-state index >= 15 is 0 Å². The fourth-order valence-electron chi connectivity index (χ4n) is 4.29. The van der Waals surface area contributed by atoms with Crippen molar-refractivity contribution in [2.45, 2.75) is 117 Å². The van der Waals surface area contributed by atoms with E-state index in [-0.39, 0.29) is 17.4 Å². The number of phosphoric ester groups is 1. The van der Waals surface area contributed by atoms with Gasteiger partial charge in [0.15, 0.2) is 0 Å². The van der Waals surface area contributed by atoms with E-state index < -0.39 is 7.82 Å². The molecule has 0 atom stereocenters. The van der Waals surface area contributed by atoms with Gasteiger partial charge in [-0.3, -0.25) is 4.89 Å². The molecule has 0 aliphatic rings. The summed E-state index contributed by atoms with van der Waals surface area (Å²) >= 11 is 0. The van der Waals surface area contributed by atoms with Crippen molar-refractivity contribution in [3.05, 3.63) is 59.7 Å². The molecule has 4 nitrogen and oxygen atoms in total. The molecular formula is C30H47CrO4P.